The van der Waals surface area contributed by atoms with Gasteiger partial charge in [0.1, 0.15) is 0 Å². The molecule has 0 fully saturated rings. The highest BCUT2D eigenvalue weighted by atomic mass is 31.0. The predicted octanol–water partition coefficient (Wildman–Crippen LogP) is 3.16. The van der Waals surface area contributed by atoms with E-state index in [1.165, 1.54) is 10.9 Å². The molecule has 1 atom stereocenters. The predicted molar refractivity (Wildman–Crippen MR) is 70.6 cm³/mol. The zero-order valence-corrected chi connectivity index (χ0v) is 10.8. The number of rotatable bonds is 4. The van der Waals surface area contributed by atoms with E-state index in [9.17, 15) is 4.79 Å². The van der Waals surface area contributed by atoms with Crippen LogP contribution < -0.4 is 0 Å². The molecule has 1 rings (SSSR count). The van der Waals surface area contributed by atoms with Crippen LogP contribution in [0, 0.1) is 0 Å². The summed E-state index contributed by atoms with van der Waals surface area (Å²) < 4.78 is 0. The van der Waals surface area contributed by atoms with E-state index in [0.717, 1.165) is 18.4 Å². The zero-order chi connectivity index (χ0) is 12.0. The molecule has 0 saturated heterocycles. The number of hydrogen-bond acceptors (Lipinski definition) is 2. The summed E-state index contributed by atoms with van der Waals surface area (Å²) in [5.41, 5.74) is 2.81. The smallest absolute Gasteiger partial charge is 0.151 e. The lowest BCUT2D eigenvalue weighted by molar-refractivity contribution is 0.112. The lowest BCUT2D eigenvalue weighted by Crippen LogP contribution is -1.93. The second-order valence-electron chi connectivity index (χ2n) is 3.63. The average Bonchev–Trinajstić information content (AvgIpc) is 2.28. The van der Waals surface area contributed by atoms with E-state index in [0.29, 0.717) is 5.56 Å². The Kier molecular flexibility index (Phi) is 5.07. The zero-order valence-electron chi connectivity index (χ0n) is 9.60. The van der Waals surface area contributed by atoms with E-state index in [4.69, 9.17) is 0 Å². The summed E-state index contributed by atoms with van der Waals surface area (Å²) >= 11 is 0. The molecule has 0 spiro atoms. The molecule has 0 N–H and O–H groups in total. The van der Waals surface area contributed by atoms with Gasteiger partial charge in [0.2, 0.25) is 0 Å². The topological polar surface area (TPSA) is 30.0 Å². The minimum absolute atomic E-state index is 0.614. The largest absolute Gasteiger partial charge is 0.298 e. The third-order valence-electron chi connectivity index (χ3n) is 2.15. The quantitative estimate of drug-likeness (QED) is 0.454. The molecule has 1 heterocycles. The van der Waals surface area contributed by atoms with Crippen molar-refractivity contribution >= 4 is 15.5 Å². The first-order valence-electron chi connectivity index (χ1n) is 5.14. The van der Waals surface area contributed by atoms with Crippen molar-refractivity contribution in [2.75, 3.05) is 0 Å². The van der Waals surface area contributed by atoms with Gasteiger partial charge in [-0.3, -0.25) is 9.78 Å². The molecule has 0 bridgehead atoms. The van der Waals surface area contributed by atoms with E-state index in [-0.39, 0.29) is 0 Å². The van der Waals surface area contributed by atoms with Crippen LogP contribution >= 0.6 is 9.24 Å². The highest BCUT2D eigenvalue weighted by Gasteiger charge is 1.98. The van der Waals surface area contributed by atoms with Gasteiger partial charge in [0.15, 0.2) is 6.29 Å². The van der Waals surface area contributed by atoms with Crippen molar-refractivity contribution in [2.45, 2.75) is 20.3 Å². The number of pyridine rings is 1. The van der Waals surface area contributed by atoms with Crippen molar-refractivity contribution in [1.82, 2.24) is 4.98 Å². The molecule has 0 saturated carbocycles. The van der Waals surface area contributed by atoms with Crippen LogP contribution in [0.3, 0.4) is 0 Å². The molecule has 0 aliphatic carbocycles. The van der Waals surface area contributed by atoms with Gasteiger partial charge in [-0.1, -0.05) is 17.5 Å². The van der Waals surface area contributed by atoms with Gasteiger partial charge >= 0.3 is 0 Å². The standard InChI is InChI=1S/C13H16NOP/c1-3-11(6-10(2)16)7-13-5-4-12(9-15)8-14-13/h3-6,8-9H,7,16H2,1-2H3/b10-6+,11-3+. The maximum atomic E-state index is 10.5. The van der Waals surface area contributed by atoms with Crippen LogP contribution in [0.5, 0.6) is 0 Å². The number of nitrogens with zero attached hydrogens (tertiary/aromatic N) is 1. The van der Waals surface area contributed by atoms with Crippen LogP contribution in [-0.2, 0) is 6.42 Å². The molecule has 2 nitrogen and oxygen atoms in total. The lowest BCUT2D eigenvalue weighted by atomic mass is 10.1. The van der Waals surface area contributed by atoms with Crippen LogP contribution in [0.4, 0.5) is 0 Å². The van der Waals surface area contributed by atoms with Crippen molar-refractivity contribution < 1.29 is 4.79 Å². The van der Waals surface area contributed by atoms with Crippen LogP contribution in [0.25, 0.3) is 0 Å². The minimum Gasteiger partial charge on any atom is -0.298 e. The van der Waals surface area contributed by atoms with Gasteiger partial charge < -0.3 is 0 Å². The van der Waals surface area contributed by atoms with Gasteiger partial charge in [-0.25, -0.2) is 0 Å². The summed E-state index contributed by atoms with van der Waals surface area (Å²) in [5.74, 6) is 0. The van der Waals surface area contributed by atoms with Crippen LogP contribution in [0.1, 0.15) is 29.9 Å². The fourth-order valence-corrected chi connectivity index (χ4v) is 1.56. The lowest BCUT2D eigenvalue weighted by Gasteiger charge is -2.02. The second kappa shape index (κ2) is 6.34. The Morgan fingerprint density at radius 3 is 2.69 bits per heavy atom. The Balaban J connectivity index is 2.79. The van der Waals surface area contributed by atoms with E-state index in [1.807, 2.05) is 19.9 Å². The first-order chi connectivity index (χ1) is 7.65. The highest BCUT2D eigenvalue weighted by molar-refractivity contribution is 7.22. The Labute approximate surface area is 98.7 Å². The Bertz CT molecular complexity index is 414. The molecule has 0 aliphatic rings. The van der Waals surface area contributed by atoms with Crippen LogP contribution in [0.2, 0.25) is 0 Å². The van der Waals surface area contributed by atoms with Crippen molar-refractivity contribution in [3.8, 4) is 0 Å². The average molecular weight is 233 g/mol. The summed E-state index contributed by atoms with van der Waals surface area (Å²) in [5, 5.41) is 1.19. The first-order valence-corrected chi connectivity index (χ1v) is 5.72. The summed E-state index contributed by atoms with van der Waals surface area (Å²) in [4.78, 5) is 14.7. The molecular weight excluding hydrogens is 217 g/mol. The fourth-order valence-electron chi connectivity index (χ4n) is 1.35. The second-order valence-corrected chi connectivity index (χ2v) is 4.54. The number of aldehydes is 1. The number of carbonyl (C=O) groups is 1. The fraction of sp³-hybridized carbons (Fsp3) is 0.231. The molecule has 0 radical (unpaired) electrons. The van der Waals surface area contributed by atoms with E-state index in [2.05, 4.69) is 26.4 Å². The molecule has 1 aromatic heterocycles. The van der Waals surface area contributed by atoms with Crippen molar-refractivity contribution in [3.63, 3.8) is 0 Å². The maximum absolute atomic E-state index is 10.5. The Morgan fingerprint density at radius 1 is 1.50 bits per heavy atom. The van der Waals surface area contributed by atoms with E-state index >= 15 is 0 Å². The maximum Gasteiger partial charge on any atom is 0.151 e. The number of carbonyl (C=O) groups excluding carboxylic acids is 1. The molecule has 84 valence electrons. The van der Waals surface area contributed by atoms with E-state index < -0.39 is 0 Å². The van der Waals surface area contributed by atoms with Crippen molar-refractivity contribution in [1.29, 1.82) is 0 Å². The Morgan fingerprint density at radius 2 is 2.25 bits per heavy atom. The van der Waals surface area contributed by atoms with Crippen LogP contribution in [0.15, 0.2) is 41.4 Å². The van der Waals surface area contributed by atoms with Crippen molar-refractivity contribution in [2.24, 2.45) is 0 Å². The summed E-state index contributed by atoms with van der Waals surface area (Å²) in [7, 11) is 2.67. The number of aromatic nitrogens is 1. The van der Waals surface area contributed by atoms with Crippen LogP contribution in [-0.4, -0.2) is 11.3 Å². The van der Waals surface area contributed by atoms with Gasteiger partial charge in [-0.2, -0.15) is 0 Å². The molecule has 0 aliphatic heterocycles. The molecule has 1 aromatic rings. The van der Waals surface area contributed by atoms with Gasteiger partial charge in [0.25, 0.3) is 0 Å². The summed E-state index contributed by atoms with van der Waals surface area (Å²) in [6, 6.07) is 3.68. The molecule has 16 heavy (non-hydrogen) atoms. The molecule has 3 heteroatoms. The third kappa shape index (κ3) is 4.08. The van der Waals surface area contributed by atoms with Crippen molar-refractivity contribution in [3.05, 3.63) is 52.6 Å². The van der Waals surface area contributed by atoms with E-state index in [1.54, 1.807) is 12.3 Å². The minimum atomic E-state index is 0.614. The Hall–Kier alpha value is -1.27. The molecule has 1 unspecified atom stereocenters. The SMILES string of the molecule is C/C=C(\C=C(/C)P)Cc1ccc(C=O)cn1. The van der Waals surface area contributed by atoms with Gasteiger partial charge in [0, 0.05) is 23.9 Å². The molecule has 0 aromatic carbocycles. The van der Waals surface area contributed by atoms with Gasteiger partial charge in [0.05, 0.1) is 0 Å². The monoisotopic (exact) mass is 233 g/mol. The highest BCUT2D eigenvalue weighted by Crippen LogP contribution is 2.13. The summed E-state index contributed by atoms with van der Waals surface area (Å²) in [6.07, 6.45) is 7.39. The first kappa shape index (κ1) is 12.8. The number of hydrogen-bond donors (Lipinski definition) is 0. The third-order valence-corrected chi connectivity index (χ3v) is 2.32. The molecule has 0 amide bonds. The molecular formula is C13H16NOP. The normalized spacial score (nSPS) is 12.7. The number of allylic oxidation sites excluding steroid dienone is 4. The van der Waals surface area contributed by atoms with Gasteiger partial charge in [-0.05, 0) is 31.6 Å². The van der Waals surface area contributed by atoms with Gasteiger partial charge in [-0.15, -0.1) is 9.24 Å². The summed E-state index contributed by atoms with van der Waals surface area (Å²) in [6.45, 7) is 4.05.